The van der Waals surface area contributed by atoms with E-state index in [0.717, 1.165) is 25.1 Å². The van der Waals surface area contributed by atoms with E-state index in [4.69, 9.17) is 4.74 Å². The largest absolute Gasteiger partial charge is 0.377 e. The van der Waals surface area contributed by atoms with Crippen LogP contribution in [0.4, 0.5) is 4.39 Å². The van der Waals surface area contributed by atoms with E-state index >= 15 is 0 Å². The molecule has 2 rings (SSSR count). The minimum Gasteiger partial charge on any atom is -0.377 e. The fraction of sp³-hybridized carbons (Fsp3) is 0.615. The highest BCUT2D eigenvalue weighted by atomic mass is 19.1. The zero-order valence-corrected chi connectivity index (χ0v) is 10.4. The average molecular weight is 238 g/mol. The van der Waals surface area contributed by atoms with Gasteiger partial charge in [0.1, 0.15) is 5.82 Å². The molecule has 1 fully saturated rings. The summed E-state index contributed by atoms with van der Waals surface area (Å²) in [5.41, 5.74) is 0.867. The van der Waals surface area contributed by atoms with Gasteiger partial charge in [-0.05, 0) is 38.3 Å². The number of halogens is 1. The smallest absolute Gasteiger partial charge is 0.141 e. The minimum atomic E-state index is -0.298. The Morgan fingerprint density at radius 3 is 2.76 bits per heavy atom. The first-order valence-electron chi connectivity index (χ1n) is 6.05. The fourth-order valence-corrected chi connectivity index (χ4v) is 2.11. The summed E-state index contributed by atoms with van der Waals surface area (Å²) in [6, 6.07) is 3.27. The second-order valence-electron chi connectivity index (χ2n) is 4.74. The fourth-order valence-electron chi connectivity index (χ4n) is 2.11. The molecule has 1 aliphatic carbocycles. The van der Waals surface area contributed by atoms with Crippen molar-refractivity contribution < 1.29 is 9.13 Å². The van der Waals surface area contributed by atoms with E-state index in [0.29, 0.717) is 0 Å². The number of hydrogen-bond acceptors (Lipinski definition) is 3. The molecule has 0 aliphatic heterocycles. The quantitative estimate of drug-likeness (QED) is 0.855. The maximum atomic E-state index is 12.7. The Balaban J connectivity index is 1.88. The van der Waals surface area contributed by atoms with Crippen molar-refractivity contribution in [3.05, 3.63) is 29.8 Å². The highest BCUT2D eigenvalue weighted by Gasteiger charge is 2.36. The lowest BCUT2D eigenvalue weighted by Gasteiger charge is -2.41. The van der Waals surface area contributed by atoms with E-state index in [1.54, 1.807) is 13.2 Å². The van der Waals surface area contributed by atoms with Crippen molar-refractivity contribution in [2.75, 3.05) is 13.7 Å². The number of methoxy groups -OCH3 is 1. The molecule has 3 nitrogen and oxygen atoms in total. The molecule has 4 heteroatoms. The molecule has 94 valence electrons. The van der Waals surface area contributed by atoms with Crippen LogP contribution in [0.25, 0.3) is 0 Å². The van der Waals surface area contributed by atoms with Crippen LogP contribution in [-0.4, -0.2) is 24.2 Å². The summed E-state index contributed by atoms with van der Waals surface area (Å²) in [5.74, 6) is -0.298. The second kappa shape index (κ2) is 5.10. The molecule has 0 radical (unpaired) electrons. The van der Waals surface area contributed by atoms with Crippen LogP contribution >= 0.6 is 0 Å². The lowest BCUT2D eigenvalue weighted by molar-refractivity contribution is -0.0707. The van der Waals surface area contributed by atoms with Gasteiger partial charge in [0.25, 0.3) is 0 Å². The maximum Gasteiger partial charge on any atom is 0.141 e. The van der Waals surface area contributed by atoms with Crippen molar-refractivity contribution in [3.63, 3.8) is 0 Å². The van der Waals surface area contributed by atoms with Crippen LogP contribution in [0.15, 0.2) is 18.3 Å². The van der Waals surface area contributed by atoms with Gasteiger partial charge < -0.3 is 10.1 Å². The summed E-state index contributed by atoms with van der Waals surface area (Å²) in [6.07, 6.45) is 4.71. The Labute approximate surface area is 101 Å². The molecule has 1 aromatic rings. The number of ether oxygens (including phenoxy) is 1. The Bertz CT molecular complexity index is 357. The Hall–Kier alpha value is -1.00. The van der Waals surface area contributed by atoms with Gasteiger partial charge in [-0.25, -0.2) is 4.39 Å². The van der Waals surface area contributed by atoms with Gasteiger partial charge in [-0.2, -0.15) is 0 Å². The van der Waals surface area contributed by atoms with Crippen molar-refractivity contribution in [3.8, 4) is 0 Å². The minimum absolute atomic E-state index is 0.00822. The number of pyridine rings is 1. The third-order valence-electron chi connectivity index (χ3n) is 3.62. The molecule has 1 aromatic heterocycles. The Morgan fingerprint density at radius 2 is 2.29 bits per heavy atom. The molecular weight excluding hydrogens is 219 g/mol. The lowest BCUT2D eigenvalue weighted by atomic mass is 9.80. The third-order valence-corrected chi connectivity index (χ3v) is 3.62. The van der Waals surface area contributed by atoms with Gasteiger partial charge in [-0.3, -0.25) is 4.98 Å². The first-order valence-corrected chi connectivity index (χ1v) is 6.05. The number of nitrogens with zero attached hydrogens (tertiary/aromatic N) is 1. The summed E-state index contributed by atoms with van der Waals surface area (Å²) in [5, 5.41) is 3.40. The third kappa shape index (κ3) is 2.82. The summed E-state index contributed by atoms with van der Waals surface area (Å²) in [4.78, 5) is 4.07. The standard InChI is InChI=1S/C13H19FN2O/c1-10(12-5-4-11(14)8-15-12)16-9-13(17-2)6-3-7-13/h4-5,8,10,16H,3,6-7,9H2,1-2H3. The van der Waals surface area contributed by atoms with Crippen molar-refractivity contribution in [2.24, 2.45) is 0 Å². The molecule has 1 N–H and O–H groups in total. The van der Waals surface area contributed by atoms with Gasteiger partial charge in [0, 0.05) is 19.7 Å². The molecule has 0 saturated heterocycles. The van der Waals surface area contributed by atoms with Crippen molar-refractivity contribution in [1.82, 2.24) is 10.3 Å². The van der Waals surface area contributed by atoms with E-state index in [2.05, 4.69) is 10.3 Å². The summed E-state index contributed by atoms with van der Waals surface area (Å²) in [6.45, 7) is 2.85. The number of hydrogen-bond donors (Lipinski definition) is 1. The van der Waals surface area contributed by atoms with E-state index in [1.807, 2.05) is 6.92 Å². The van der Waals surface area contributed by atoms with Crippen LogP contribution in [0, 0.1) is 5.82 Å². The SMILES string of the molecule is COC1(CNC(C)c2ccc(F)cn2)CCC1. The summed E-state index contributed by atoms with van der Waals surface area (Å²) < 4.78 is 18.3. The molecule has 1 atom stereocenters. The second-order valence-corrected chi connectivity index (χ2v) is 4.74. The van der Waals surface area contributed by atoms with Crippen LogP contribution in [-0.2, 0) is 4.74 Å². The molecule has 0 bridgehead atoms. The average Bonchev–Trinajstić information content (AvgIpc) is 2.29. The van der Waals surface area contributed by atoms with Gasteiger partial charge in [0.15, 0.2) is 0 Å². The number of nitrogens with one attached hydrogen (secondary N) is 1. The molecule has 0 amide bonds. The van der Waals surface area contributed by atoms with Gasteiger partial charge >= 0.3 is 0 Å². The monoisotopic (exact) mass is 238 g/mol. The Kier molecular flexibility index (Phi) is 3.74. The van der Waals surface area contributed by atoms with Crippen LogP contribution in [0.2, 0.25) is 0 Å². The van der Waals surface area contributed by atoms with Crippen molar-refractivity contribution in [1.29, 1.82) is 0 Å². The normalized spacial score (nSPS) is 19.7. The summed E-state index contributed by atoms with van der Waals surface area (Å²) in [7, 11) is 1.77. The van der Waals surface area contributed by atoms with E-state index in [9.17, 15) is 4.39 Å². The van der Waals surface area contributed by atoms with Crippen LogP contribution < -0.4 is 5.32 Å². The molecule has 1 unspecified atom stereocenters. The van der Waals surface area contributed by atoms with Crippen LogP contribution in [0.1, 0.15) is 37.9 Å². The van der Waals surface area contributed by atoms with Crippen molar-refractivity contribution >= 4 is 0 Å². The Morgan fingerprint density at radius 1 is 1.53 bits per heavy atom. The van der Waals surface area contributed by atoms with Gasteiger partial charge in [-0.15, -0.1) is 0 Å². The van der Waals surface area contributed by atoms with E-state index in [-0.39, 0.29) is 17.5 Å². The van der Waals surface area contributed by atoms with E-state index < -0.39 is 0 Å². The van der Waals surface area contributed by atoms with Crippen molar-refractivity contribution in [2.45, 2.75) is 37.8 Å². The van der Waals surface area contributed by atoms with E-state index in [1.165, 1.54) is 18.7 Å². The predicted octanol–water partition coefficient (Wildman–Crippen LogP) is 2.44. The molecular formula is C13H19FN2O. The zero-order valence-electron chi connectivity index (χ0n) is 10.4. The predicted molar refractivity (Wildman–Crippen MR) is 64.2 cm³/mol. The number of rotatable bonds is 5. The maximum absolute atomic E-state index is 12.7. The zero-order chi connectivity index (χ0) is 12.3. The molecule has 0 aromatic carbocycles. The van der Waals surface area contributed by atoms with Gasteiger partial charge in [-0.1, -0.05) is 0 Å². The molecule has 1 heterocycles. The molecule has 17 heavy (non-hydrogen) atoms. The number of aromatic nitrogens is 1. The topological polar surface area (TPSA) is 34.1 Å². The van der Waals surface area contributed by atoms with Gasteiger partial charge in [0.05, 0.1) is 17.5 Å². The molecule has 1 saturated carbocycles. The summed E-state index contributed by atoms with van der Waals surface area (Å²) >= 11 is 0. The first kappa shape index (κ1) is 12.5. The lowest BCUT2D eigenvalue weighted by Crippen LogP contribution is -2.48. The first-order chi connectivity index (χ1) is 8.15. The highest BCUT2D eigenvalue weighted by Crippen LogP contribution is 2.34. The van der Waals surface area contributed by atoms with Crippen LogP contribution in [0.3, 0.4) is 0 Å². The van der Waals surface area contributed by atoms with Crippen LogP contribution in [0.5, 0.6) is 0 Å². The highest BCUT2D eigenvalue weighted by molar-refractivity contribution is 5.09. The van der Waals surface area contributed by atoms with Gasteiger partial charge in [0.2, 0.25) is 0 Å². The molecule has 0 spiro atoms. The molecule has 1 aliphatic rings.